The molecule has 0 spiro atoms. The molecule has 0 N–H and O–H groups in total. The third kappa shape index (κ3) is 6.75. The van der Waals surface area contributed by atoms with E-state index in [-0.39, 0.29) is 6.09 Å². The summed E-state index contributed by atoms with van der Waals surface area (Å²) in [6.07, 6.45) is 4.93. The normalized spacial score (nSPS) is 11.2. The van der Waals surface area contributed by atoms with Crippen LogP contribution in [-0.2, 0) is 11.3 Å². The predicted octanol–water partition coefficient (Wildman–Crippen LogP) is 3.84. The smallest absolute Gasteiger partial charge is 0.410 e. The Hall–Kier alpha value is -1.29. The second-order valence-electron chi connectivity index (χ2n) is 5.66. The second kappa shape index (κ2) is 8.10. The number of rotatable bonds is 6. The summed E-state index contributed by atoms with van der Waals surface area (Å²) in [5, 5.41) is 0. The molecule has 0 bridgehead atoms. The summed E-state index contributed by atoms with van der Waals surface area (Å²) in [6, 6.07) is 3.81. The van der Waals surface area contributed by atoms with Gasteiger partial charge < -0.3 is 9.64 Å². The monoisotopic (exact) mass is 298 g/mol. The first kappa shape index (κ1) is 16.8. The molecule has 1 amide bonds. The van der Waals surface area contributed by atoms with E-state index in [9.17, 15) is 4.79 Å². The fourth-order valence-electron chi connectivity index (χ4n) is 1.67. The molecule has 1 rings (SSSR count). The van der Waals surface area contributed by atoms with Gasteiger partial charge in [-0.25, -0.2) is 4.79 Å². The lowest BCUT2D eigenvalue weighted by Crippen LogP contribution is -2.37. The third-order valence-electron chi connectivity index (χ3n) is 2.56. The Bertz CT molecular complexity index is 404. The highest BCUT2D eigenvalue weighted by atomic mass is 35.5. The van der Waals surface area contributed by atoms with Gasteiger partial charge in [0, 0.05) is 24.8 Å². The number of aromatic nitrogens is 1. The quantitative estimate of drug-likeness (QED) is 0.592. The first-order chi connectivity index (χ1) is 9.42. The number of ether oxygens (including phenoxy) is 1. The van der Waals surface area contributed by atoms with Gasteiger partial charge in [0.05, 0.1) is 6.54 Å². The molecule has 4 nitrogen and oxygen atoms in total. The van der Waals surface area contributed by atoms with Crippen LogP contribution in [0, 0.1) is 0 Å². The number of carbonyl (C=O) groups is 1. The molecular weight excluding hydrogens is 276 g/mol. The maximum atomic E-state index is 12.2. The van der Waals surface area contributed by atoms with Crippen LogP contribution in [0.25, 0.3) is 0 Å². The van der Waals surface area contributed by atoms with Crippen molar-refractivity contribution in [3.8, 4) is 0 Å². The zero-order chi connectivity index (χ0) is 15.0. The molecule has 0 saturated carbocycles. The van der Waals surface area contributed by atoms with Gasteiger partial charge in [0.2, 0.25) is 0 Å². The van der Waals surface area contributed by atoms with E-state index >= 15 is 0 Å². The Morgan fingerprint density at radius 2 is 2.15 bits per heavy atom. The molecule has 20 heavy (non-hydrogen) atoms. The van der Waals surface area contributed by atoms with Crippen LogP contribution in [0.15, 0.2) is 24.5 Å². The van der Waals surface area contributed by atoms with Crippen molar-refractivity contribution in [2.45, 2.75) is 45.8 Å². The second-order valence-corrected chi connectivity index (χ2v) is 6.04. The number of alkyl halides is 1. The molecule has 0 aliphatic heterocycles. The number of pyridine rings is 1. The van der Waals surface area contributed by atoms with E-state index in [0.717, 1.165) is 18.4 Å². The van der Waals surface area contributed by atoms with Gasteiger partial charge in [0.15, 0.2) is 0 Å². The van der Waals surface area contributed by atoms with Crippen LogP contribution < -0.4 is 0 Å². The predicted molar refractivity (Wildman–Crippen MR) is 80.8 cm³/mol. The Morgan fingerprint density at radius 1 is 1.40 bits per heavy atom. The number of unbranched alkanes of at least 4 members (excludes halogenated alkanes) is 1. The van der Waals surface area contributed by atoms with E-state index < -0.39 is 5.60 Å². The molecule has 0 radical (unpaired) electrons. The summed E-state index contributed by atoms with van der Waals surface area (Å²) >= 11 is 5.69. The van der Waals surface area contributed by atoms with Crippen molar-refractivity contribution in [2.75, 3.05) is 12.4 Å². The molecule has 0 aliphatic carbocycles. The minimum absolute atomic E-state index is 0.295. The lowest BCUT2D eigenvalue weighted by Gasteiger charge is -2.27. The van der Waals surface area contributed by atoms with E-state index in [1.165, 1.54) is 0 Å². The van der Waals surface area contributed by atoms with Gasteiger partial charge in [-0.05, 0) is 45.2 Å². The number of nitrogens with zero attached hydrogens (tertiary/aromatic N) is 2. The first-order valence-electron chi connectivity index (χ1n) is 6.85. The molecule has 112 valence electrons. The van der Waals surface area contributed by atoms with Gasteiger partial charge in [-0.1, -0.05) is 6.07 Å². The van der Waals surface area contributed by atoms with E-state index in [4.69, 9.17) is 16.3 Å². The summed E-state index contributed by atoms with van der Waals surface area (Å²) in [4.78, 5) is 18.0. The maximum absolute atomic E-state index is 12.2. The summed E-state index contributed by atoms with van der Waals surface area (Å²) in [5.41, 5.74) is 0.501. The highest BCUT2D eigenvalue weighted by Crippen LogP contribution is 2.13. The van der Waals surface area contributed by atoms with Crippen molar-refractivity contribution in [2.24, 2.45) is 0 Å². The first-order valence-corrected chi connectivity index (χ1v) is 7.38. The zero-order valence-electron chi connectivity index (χ0n) is 12.4. The van der Waals surface area contributed by atoms with Crippen molar-refractivity contribution < 1.29 is 9.53 Å². The SMILES string of the molecule is CC(C)(C)OC(=O)N(CCCCCl)Cc1cccnc1. The molecule has 1 heterocycles. The fourth-order valence-corrected chi connectivity index (χ4v) is 1.86. The summed E-state index contributed by atoms with van der Waals surface area (Å²) in [6.45, 7) is 6.74. The number of carbonyl (C=O) groups excluding carboxylic acids is 1. The van der Waals surface area contributed by atoms with Crippen LogP contribution in [0.5, 0.6) is 0 Å². The lowest BCUT2D eigenvalue weighted by molar-refractivity contribution is 0.0231. The van der Waals surface area contributed by atoms with Gasteiger partial charge in [0.25, 0.3) is 0 Å². The number of halogens is 1. The summed E-state index contributed by atoms with van der Waals surface area (Å²) in [7, 11) is 0. The molecule has 1 aromatic heterocycles. The van der Waals surface area contributed by atoms with Gasteiger partial charge in [-0.15, -0.1) is 11.6 Å². The largest absolute Gasteiger partial charge is 0.444 e. The van der Waals surface area contributed by atoms with E-state index in [2.05, 4.69) is 4.98 Å². The molecule has 0 atom stereocenters. The van der Waals surface area contributed by atoms with Crippen molar-refractivity contribution in [3.05, 3.63) is 30.1 Å². The molecule has 0 saturated heterocycles. The van der Waals surface area contributed by atoms with Crippen LogP contribution in [0.1, 0.15) is 39.2 Å². The van der Waals surface area contributed by atoms with E-state index in [1.807, 2.05) is 32.9 Å². The third-order valence-corrected chi connectivity index (χ3v) is 2.83. The van der Waals surface area contributed by atoms with E-state index in [0.29, 0.717) is 19.0 Å². The minimum Gasteiger partial charge on any atom is -0.444 e. The highest BCUT2D eigenvalue weighted by Gasteiger charge is 2.21. The van der Waals surface area contributed by atoms with Gasteiger partial charge in [-0.3, -0.25) is 4.98 Å². The zero-order valence-corrected chi connectivity index (χ0v) is 13.2. The molecule has 1 aromatic rings. The standard InChI is InChI=1S/C15H23ClN2O2/c1-15(2,3)20-14(19)18(10-5-4-8-16)12-13-7-6-9-17-11-13/h6-7,9,11H,4-5,8,10,12H2,1-3H3. The van der Waals surface area contributed by atoms with Crippen LogP contribution in [-0.4, -0.2) is 34.0 Å². The summed E-state index contributed by atoms with van der Waals surface area (Å²) in [5.74, 6) is 0.606. The average Bonchev–Trinajstić information content (AvgIpc) is 2.37. The van der Waals surface area contributed by atoms with Crippen molar-refractivity contribution in [3.63, 3.8) is 0 Å². The molecule has 0 aromatic carbocycles. The van der Waals surface area contributed by atoms with Crippen LogP contribution >= 0.6 is 11.6 Å². The Balaban J connectivity index is 2.66. The fraction of sp³-hybridized carbons (Fsp3) is 0.600. The molecular formula is C15H23ClN2O2. The van der Waals surface area contributed by atoms with Crippen molar-refractivity contribution in [1.29, 1.82) is 0 Å². The highest BCUT2D eigenvalue weighted by molar-refractivity contribution is 6.17. The molecule has 0 unspecified atom stereocenters. The van der Waals surface area contributed by atoms with Gasteiger partial charge in [0.1, 0.15) is 5.60 Å². The van der Waals surface area contributed by atoms with Crippen LogP contribution in [0.3, 0.4) is 0 Å². The van der Waals surface area contributed by atoms with Crippen molar-refractivity contribution >= 4 is 17.7 Å². The van der Waals surface area contributed by atoms with Crippen molar-refractivity contribution in [1.82, 2.24) is 9.88 Å². The average molecular weight is 299 g/mol. The number of amides is 1. The topological polar surface area (TPSA) is 42.4 Å². The Morgan fingerprint density at radius 3 is 2.70 bits per heavy atom. The number of hydrogen-bond donors (Lipinski definition) is 0. The Kier molecular flexibility index (Phi) is 6.79. The maximum Gasteiger partial charge on any atom is 0.410 e. The summed E-state index contributed by atoms with van der Waals surface area (Å²) < 4.78 is 5.44. The Labute approximate surface area is 126 Å². The van der Waals surface area contributed by atoms with Crippen LogP contribution in [0.4, 0.5) is 4.79 Å². The lowest BCUT2D eigenvalue weighted by atomic mass is 10.2. The molecule has 0 fully saturated rings. The minimum atomic E-state index is -0.489. The van der Waals surface area contributed by atoms with Gasteiger partial charge in [-0.2, -0.15) is 0 Å². The van der Waals surface area contributed by atoms with Gasteiger partial charge >= 0.3 is 6.09 Å². The van der Waals surface area contributed by atoms with E-state index in [1.54, 1.807) is 17.3 Å². The number of hydrogen-bond acceptors (Lipinski definition) is 3. The molecule has 5 heteroatoms. The molecule has 0 aliphatic rings. The van der Waals surface area contributed by atoms with Crippen LogP contribution in [0.2, 0.25) is 0 Å².